The lowest BCUT2D eigenvalue weighted by atomic mass is 9.61. The van der Waals surface area contributed by atoms with Crippen molar-refractivity contribution in [2.45, 2.75) is 37.8 Å². The van der Waals surface area contributed by atoms with Crippen LogP contribution in [0.5, 0.6) is 0 Å². The molecule has 0 unspecified atom stereocenters. The van der Waals surface area contributed by atoms with Crippen LogP contribution in [0.25, 0.3) is 0 Å². The van der Waals surface area contributed by atoms with Crippen molar-refractivity contribution in [2.24, 2.45) is 5.92 Å². The lowest BCUT2D eigenvalue weighted by Crippen LogP contribution is -2.62. The second-order valence-corrected chi connectivity index (χ2v) is 9.57. The van der Waals surface area contributed by atoms with E-state index in [2.05, 4.69) is 60.8 Å². The Hall–Kier alpha value is -3.16. The van der Waals surface area contributed by atoms with E-state index in [1.165, 1.54) is 28.1 Å². The molecule has 0 aromatic heterocycles. The molecule has 1 spiro atoms. The van der Waals surface area contributed by atoms with Gasteiger partial charge in [-0.3, -0.25) is 4.79 Å². The SMILES string of the molecule is C/C=C1/C[N@+]2(Cc3ccc(C#N)cc3)CC[C@]34C(=C(C=O)[C@H]1C[C@@H]32)Nc1ccccc14. The number of hydrogen-bond acceptors (Lipinski definition) is 3. The monoisotopic (exact) mass is 408 g/mol. The fourth-order valence-electron chi connectivity index (χ4n) is 7.18. The van der Waals surface area contributed by atoms with Crippen molar-refractivity contribution in [1.29, 1.82) is 5.26 Å². The van der Waals surface area contributed by atoms with Crippen molar-refractivity contribution in [1.82, 2.24) is 0 Å². The number of carbonyl (C=O) groups excluding carboxylic acids is 1. The predicted molar refractivity (Wildman–Crippen MR) is 120 cm³/mol. The number of piperidine rings is 1. The Morgan fingerprint density at radius 1 is 1.23 bits per heavy atom. The molecule has 2 aromatic rings. The summed E-state index contributed by atoms with van der Waals surface area (Å²) in [4.78, 5) is 12.4. The molecule has 4 heteroatoms. The first-order chi connectivity index (χ1) is 15.1. The fourth-order valence-corrected chi connectivity index (χ4v) is 7.18. The fraction of sp³-hybridized carbons (Fsp3) is 0.333. The van der Waals surface area contributed by atoms with Crippen LogP contribution in [-0.2, 0) is 16.8 Å². The Labute approximate surface area is 183 Å². The highest BCUT2D eigenvalue weighted by molar-refractivity contribution is 5.84. The molecule has 0 radical (unpaired) electrons. The summed E-state index contributed by atoms with van der Waals surface area (Å²) in [6.45, 7) is 5.19. The van der Waals surface area contributed by atoms with Crippen LogP contribution in [0.1, 0.15) is 36.5 Å². The molecule has 2 saturated heterocycles. The van der Waals surface area contributed by atoms with Crippen molar-refractivity contribution in [3.63, 3.8) is 0 Å². The first kappa shape index (κ1) is 18.6. The van der Waals surface area contributed by atoms with Crippen molar-refractivity contribution in [3.8, 4) is 6.07 Å². The molecule has 31 heavy (non-hydrogen) atoms. The molecule has 6 rings (SSSR count). The Morgan fingerprint density at radius 3 is 2.77 bits per heavy atom. The van der Waals surface area contributed by atoms with Gasteiger partial charge in [-0.1, -0.05) is 36.4 Å². The van der Waals surface area contributed by atoms with E-state index in [4.69, 9.17) is 0 Å². The summed E-state index contributed by atoms with van der Waals surface area (Å²) in [5.41, 5.74) is 7.99. The number of carbonyl (C=O) groups is 1. The predicted octanol–water partition coefficient (Wildman–Crippen LogP) is 4.44. The van der Waals surface area contributed by atoms with Crippen LogP contribution in [0.15, 0.2) is 71.5 Å². The van der Waals surface area contributed by atoms with Gasteiger partial charge in [0.15, 0.2) is 0 Å². The van der Waals surface area contributed by atoms with Crippen LogP contribution >= 0.6 is 0 Å². The van der Waals surface area contributed by atoms with Gasteiger partial charge in [0, 0.05) is 41.3 Å². The van der Waals surface area contributed by atoms with Gasteiger partial charge in [-0.15, -0.1) is 0 Å². The standard InChI is InChI=1S/C27H25N3O/c1-2-20-16-30(15-19-9-7-18(14-28)8-10-19)12-11-27-23-5-3-4-6-24(23)29-26(27)22(17-31)21(20)13-25(27)30/h2-10,17,21,25H,11-13,15-16H2,1H3/p+1/b20-2-/t21-,25-,27+,30+/m0/s1. The summed E-state index contributed by atoms with van der Waals surface area (Å²) in [5.74, 6) is 0.225. The molecule has 0 amide bonds. The van der Waals surface area contributed by atoms with E-state index in [0.717, 1.165) is 48.8 Å². The van der Waals surface area contributed by atoms with Crippen molar-refractivity contribution < 1.29 is 9.28 Å². The van der Waals surface area contributed by atoms with E-state index in [1.54, 1.807) is 0 Å². The summed E-state index contributed by atoms with van der Waals surface area (Å²) < 4.78 is 1.04. The normalized spacial score (nSPS) is 33.5. The number of benzene rings is 2. The molecule has 4 nitrogen and oxygen atoms in total. The van der Waals surface area contributed by atoms with Crippen molar-refractivity contribution in [2.75, 3.05) is 18.4 Å². The third-order valence-corrected chi connectivity index (χ3v) is 8.44. The highest BCUT2D eigenvalue weighted by Crippen LogP contribution is 2.63. The van der Waals surface area contributed by atoms with Gasteiger partial charge in [0.25, 0.3) is 0 Å². The van der Waals surface area contributed by atoms with E-state index in [9.17, 15) is 10.1 Å². The van der Waals surface area contributed by atoms with Crippen LogP contribution in [0.3, 0.4) is 0 Å². The molecule has 4 aliphatic rings. The van der Waals surface area contributed by atoms with Crippen LogP contribution in [0, 0.1) is 17.2 Å². The van der Waals surface area contributed by atoms with Gasteiger partial charge in [-0.2, -0.15) is 5.26 Å². The van der Waals surface area contributed by atoms with Gasteiger partial charge in [0.05, 0.1) is 23.6 Å². The number of rotatable bonds is 3. The third-order valence-electron chi connectivity index (χ3n) is 8.44. The lowest BCUT2D eigenvalue weighted by molar-refractivity contribution is -0.954. The number of nitrogens with one attached hydrogen (secondary N) is 1. The molecule has 2 fully saturated rings. The topological polar surface area (TPSA) is 52.9 Å². The van der Waals surface area contributed by atoms with Crippen LogP contribution < -0.4 is 5.32 Å². The summed E-state index contributed by atoms with van der Waals surface area (Å²) in [7, 11) is 0. The van der Waals surface area contributed by atoms with Gasteiger partial charge >= 0.3 is 0 Å². The molecular weight excluding hydrogens is 382 g/mol. The van der Waals surface area contributed by atoms with Crippen LogP contribution in [0.2, 0.25) is 0 Å². The quantitative estimate of drug-likeness (QED) is 0.464. The minimum atomic E-state index is -0.0881. The highest BCUT2D eigenvalue weighted by atomic mass is 16.1. The van der Waals surface area contributed by atoms with Gasteiger partial charge < -0.3 is 9.80 Å². The highest BCUT2D eigenvalue weighted by Gasteiger charge is 2.68. The first-order valence-corrected chi connectivity index (χ1v) is 11.2. The minimum Gasteiger partial charge on any atom is -0.357 e. The zero-order valence-electron chi connectivity index (χ0n) is 17.8. The Morgan fingerprint density at radius 2 is 2.03 bits per heavy atom. The number of anilines is 1. The molecular formula is C27H26N3O+. The average Bonchev–Trinajstić information content (AvgIpc) is 3.33. The number of allylic oxidation sites excluding steroid dienone is 2. The minimum absolute atomic E-state index is 0.0881. The van der Waals surface area contributed by atoms with E-state index >= 15 is 0 Å². The van der Waals surface area contributed by atoms with Crippen LogP contribution in [0.4, 0.5) is 5.69 Å². The number of para-hydroxylation sites is 1. The third kappa shape index (κ3) is 2.30. The Bertz CT molecular complexity index is 1200. The number of quaternary nitrogens is 1. The van der Waals surface area contributed by atoms with E-state index < -0.39 is 0 Å². The zero-order chi connectivity index (χ0) is 21.2. The average molecular weight is 409 g/mol. The largest absolute Gasteiger partial charge is 0.357 e. The van der Waals surface area contributed by atoms with Crippen molar-refractivity contribution in [3.05, 3.63) is 88.1 Å². The Balaban J connectivity index is 1.54. The van der Waals surface area contributed by atoms with Gasteiger partial charge in [-0.05, 0) is 36.3 Å². The van der Waals surface area contributed by atoms with Gasteiger partial charge in [0.1, 0.15) is 25.4 Å². The summed E-state index contributed by atoms with van der Waals surface area (Å²) >= 11 is 0. The van der Waals surface area contributed by atoms with Gasteiger partial charge in [0.2, 0.25) is 0 Å². The first-order valence-electron chi connectivity index (χ1n) is 11.2. The lowest BCUT2D eigenvalue weighted by Gasteiger charge is -2.53. The van der Waals surface area contributed by atoms with Crippen molar-refractivity contribution >= 4 is 12.0 Å². The number of aldehydes is 1. The van der Waals surface area contributed by atoms with Crippen LogP contribution in [-0.4, -0.2) is 29.9 Å². The maximum Gasteiger partial charge on any atom is 0.148 e. The maximum atomic E-state index is 12.4. The number of hydrogen-bond donors (Lipinski definition) is 1. The molecule has 0 saturated carbocycles. The number of nitriles is 1. The van der Waals surface area contributed by atoms with E-state index in [1.807, 2.05) is 12.1 Å². The van der Waals surface area contributed by atoms with E-state index in [-0.39, 0.29) is 11.3 Å². The molecule has 3 aliphatic heterocycles. The summed E-state index contributed by atoms with van der Waals surface area (Å²) in [6.07, 6.45) is 5.47. The molecule has 2 bridgehead atoms. The molecule has 4 atom stereocenters. The maximum absolute atomic E-state index is 12.4. The summed E-state index contributed by atoms with van der Waals surface area (Å²) in [6, 6.07) is 19.4. The number of fused-ring (bicyclic) bond motifs is 2. The Kier molecular flexibility index (Phi) is 3.85. The smallest absolute Gasteiger partial charge is 0.148 e. The summed E-state index contributed by atoms with van der Waals surface area (Å²) in [5, 5.41) is 12.9. The second-order valence-electron chi connectivity index (χ2n) is 9.57. The molecule has 2 aromatic carbocycles. The zero-order valence-corrected chi connectivity index (χ0v) is 17.8. The molecule has 1 aliphatic carbocycles. The number of nitrogens with zero attached hydrogens (tertiary/aromatic N) is 2. The van der Waals surface area contributed by atoms with Gasteiger partial charge in [-0.25, -0.2) is 0 Å². The molecule has 1 N–H and O–H groups in total. The second kappa shape index (κ2) is 6.42. The molecule has 3 heterocycles. The van der Waals surface area contributed by atoms with E-state index in [0.29, 0.717) is 11.6 Å². The molecule has 154 valence electrons.